The van der Waals surface area contributed by atoms with Gasteiger partial charge in [0, 0.05) is 5.56 Å². The average molecular weight is 395 g/mol. The monoisotopic (exact) mass is 395 g/mol. The Hall–Kier alpha value is -2.37. The lowest BCUT2D eigenvalue weighted by molar-refractivity contribution is -0.0482. The highest BCUT2D eigenvalue weighted by Crippen LogP contribution is 2.36. The number of aryl methyl sites for hydroxylation is 1. The van der Waals surface area contributed by atoms with Gasteiger partial charge in [0.2, 0.25) is 0 Å². The molecule has 1 amide bonds. The molecule has 0 spiro atoms. The standard InChI is InChI=1S/C24H29NO4/c1-24(13-12-18-7-2-3-10-21(18)24)25-23(26)19-8-6-9-20(17-19)27-14-5-4-11-22-28-15-16-29-22/h2-3,6-10,17,22H,4-5,11-16H2,1H3,(H,25,26). The molecule has 1 heterocycles. The first-order chi connectivity index (χ1) is 14.1. The summed E-state index contributed by atoms with van der Waals surface area (Å²) in [4.78, 5) is 12.9. The third-order valence-electron chi connectivity index (χ3n) is 5.79. The lowest BCUT2D eigenvalue weighted by Crippen LogP contribution is -2.41. The number of carbonyl (C=O) groups is 1. The highest BCUT2D eigenvalue weighted by Gasteiger charge is 2.35. The Kier molecular flexibility index (Phi) is 6.16. The van der Waals surface area contributed by atoms with Crippen LogP contribution in [0.15, 0.2) is 48.5 Å². The van der Waals surface area contributed by atoms with Gasteiger partial charge in [-0.25, -0.2) is 0 Å². The van der Waals surface area contributed by atoms with Crippen LogP contribution < -0.4 is 10.1 Å². The number of amides is 1. The lowest BCUT2D eigenvalue weighted by atomic mass is 9.93. The molecule has 29 heavy (non-hydrogen) atoms. The van der Waals surface area contributed by atoms with Crippen molar-refractivity contribution in [1.82, 2.24) is 5.32 Å². The lowest BCUT2D eigenvalue weighted by Gasteiger charge is -2.27. The second kappa shape index (κ2) is 8.97. The Bertz CT molecular complexity index is 846. The first-order valence-electron chi connectivity index (χ1n) is 10.5. The number of fused-ring (bicyclic) bond motifs is 1. The number of rotatable bonds is 8. The van der Waals surface area contributed by atoms with Gasteiger partial charge in [0.25, 0.3) is 5.91 Å². The fraction of sp³-hybridized carbons (Fsp3) is 0.458. The summed E-state index contributed by atoms with van der Waals surface area (Å²) in [6, 6.07) is 15.8. The summed E-state index contributed by atoms with van der Waals surface area (Å²) in [6.45, 7) is 4.11. The topological polar surface area (TPSA) is 56.8 Å². The molecule has 0 bridgehead atoms. The number of benzene rings is 2. The molecule has 2 aromatic carbocycles. The minimum atomic E-state index is -0.324. The average Bonchev–Trinajstić information content (AvgIpc) is 3.37. The largest absolute Gasteiger partial charge is 0.494 e. The van der Waals surface area contributed by atoms with Crippen molar-refractivity contribution in [1.29, 1.82) is 0 Å². The van der Waals surface area contributed by atoms with E-state index >= 15 is 0 Å². The second-order valence-corrected chi connectivity index (χ2v) is 7.99. The summed E-state index contributed by atoms with van der Waals surface area (Å²) < 4.78 is 16.7. The molecule has 4 rings (SSSR count). The summed E-state index contributed by atoms with van der Waals surface area (Å²) in [5.74, 6) is 0.660. The third kappa shape index (κ3) is 4.80. The predicted molar refractivity (Wildman–Crippen MR) is 111 cm³/mol. The van der Waals surface area contributed by atoms with Crippen LogP contribution in [0.3, 0.4) is 0 Å². The molecule has 1 aliphatic carbocycles. The molecule has 5 heteroatoms. The number of hydrogen-bond acceptors (Lipinski definition) is 4. The van der Waals surface area contributed by atoms with E-state index in [-0.39, 0.29) is 17.7 Å². The molecule has 154 valence electrons. The maximum Gasteiger partial charge on any atom is 0.252 e. The van der Waals surface area contributed by atoms with Gasteiger partial charge < -0.3 is 19.5 Å². The number of ether oxygens (including phenoxy) is 3. The maximum absolute atomic E-state index is 12.9. The van der Waals surface area contributed by atoms with Crippen molar-refractivity contribution in [3.63, 3.8) is 0 Å². The Balaban J connectivity index is 1.29. The zero-order valence-electron chi connectivity index (χ0n) is 17.0. The fourth-order valence-electron chi connectivity index (χ4n) is 4.15. The Morgan fingerprint density at radius 2 is 1.97 bits per heavy atom. The highest BCUT2D eigenvalue weighted by molar-refractivity contribution is 5.95. The number of hydrogen-bond donors (Lipinski definition) is 1. The third-order valence-corrected chi connectivity index (χ3v) is 5.79. The Morgan fingerprint density at radius 1 is 1.14 bits per heavy atom. The van der Waals surface area contributed by atoms with Gasteiger partial charge in [0.1, 0.15) is 5.75 Å². The summed E-state index contributed by atoms with van der Waals surface area (Å²) in [5.41, 5.74) is 2.84. The number of nitrogens with one attached hydrogen (secondary N) is 1. The van der Waals surface area contributed by atoms with Gasteiger partial charge in [-0.2, -0.15) is 0 Å². The van der Waals surface area contributed by atoms with Crippen LogP contribution in [-0.4, -0.2) is 32.0 Å². The minimum absolute atomic E-state index is 0.0518. The van der Waals surface area contributed by atoms with Crippen LogP contribution in [0.4, 0.5) is 0 Å². The molecule has 5 nitrogen and oxygen atoms in total. The molecule has 2 aromatic rings. The van der Waals surface area contributed by atoms with Crippen LogP contribution in [0.1, 0.15) is 54.1 Å². The van der Waals surface area contributed by atoms with Gasteiger partial charge in [0.05, 0.1) is 25.4 Å². The molecule has 0 aromatic heterocycles. The fourth-order valence-corrected chi connectivity index (χ4v) is 4.15. The van der Waals surface area contributed by atoms with Crippen LogP contribution in [0.5, 0.6) is 5.75 Å². The highest BCUT2D eigenvalue weighted by atomic mass is 16.7. The van der Waals surface area contributed by atoms with Gasteiger partial charge >= 0.3 is 0 Å². The van der Waals surface area contributed by atoms with E-state index in [9.17, 15) is 4.79 Å². The summed E-state index contributed by atoms with van der Waals surface area (Å²) in [7, 11) is 0. The number of unbranched alkanes of at least 4 members (excludes halogenated alkanes) is 1. The van der Waals surface area contributed by atoms with Crippen molar-refractivity contribution in [2.75, 3.05) is 19.8 Å². The summed E-state index contributed by atoms with van der Waals surface area (Å²) in [6.07, 6.45) is 4.67. The molecule has 1 saturated heterocycles. The molecule has 1 unspecified atom stereocenters. The van der Waals surface area contributed by atoms with Crippen LogP contribution in [-0.2, 0) is 21.4 Å². The van der Waals surface area contributed by atoms with Crippen LogP contribution in [0.25, 0.3) is 0 Å². The van der Waals surface area contributed by atoms with Crippen LogP contribution in [0, 0.1) is 0 Å². The second-order valence-electron chi connectivity index (χ2n) is 7.99. The van der Waals surface area contributed by atoms with E-state index in [0.29, 0.717) is 25.4 Å². The number of carbonyl (C=O) groups excluding carboxylic acids is 1. The molecular formula is C24H29NO4. The molecule has 1 fully saturated rings. The van der Waals surface area contributed by atoms with E-state index in [1.807, 2.05) is 30.3 Å². The van der Waals surface area contributed by atoms with Gasteiger partial charge in [0.15, 0.2) is 6.29 Å². The van der Waals surface area contributed by atoms with Crippen molar-refractivity contribution in [2.24, 2.45) is 0 Å². The van der Waals surface area contributed by atoms with E-state index < -0.39 is 0 Å². The van der Waals surface area contributed by atoms with E-state index in [2.05, 4.69) is 30.4 Å². The molecule has 1 atom stereocenters. The van der Waals surface area contributed by atoms with E-state index in [1.54, 1.807) is 0 Å². The van der Waals surface area contributed by atoms with Gasteiger partial charge in [-0.3, -0.25) is 4.79 Å². The van der Waals surface area contributed by atoms with E-state index in [4.69, 9.17) is 14.2 Å². The zero-order chi connectivity index (χ0) is 20.1. The van der Waals surface area contributed by atoms with Crippen molar-refractivity contribution in [3.8, 4) is 5.75 Å². The van der Waals surface area contributed by atoms with E-state index in [1.165, 1.54) is 11.1 Å². The predicted octanol–water partition coefficient (Wildman–Crippen LogP) is 4.20. The van der Waals surface area contributed by atoms with Gasteiger partial charge in [-0.1, -0.05) is 30.3 Å². The molecule has 1 aliphatic heterocycles. The zero-order valence-corrected chi connectivity index (χ0v) is 17.0. The molecule has 0 radical (unpaired) electrons. The van der Waals surface area contributed by atoms with Gasteiger partial charge in [-0.05, 0) is 68.4 Å². The quantitative estimate of drug-likeness (QED) is 0.681. The molecule has 1 N–H and O–H groups in total. The van der Waals surface area contributed by atoms with Crippen molar-refractivity contribution in [2.45, 2.75) is 50.9 Å². The van der Waals surface area contributed by atoms with Gasteiger partial charge in [-0.15, -0.1) is 0 Å². The molecule has 0 saturated carbocycles. The first kappa shape index (κ1) is 19.9. The van der Waals surface area contributed by atoms with E-state index in [0.717, 1.165) is 37.9 Å². The summed E-state index contributed by atoms with van der Waals surface area (Å²) in [5, 5.41) is 3.24. The molecule has 2 aliphatic rings. The maximum atomic E-state index is 12.9. The smallest absolute Gasteiger partial charge is 0.252 e. The SMILES string of the molecule is CC1(NC(=O)c2cccc(OCCCCC3OCCO3)c2)CCc2ccccc21. The minimum Gasteiger partial charge on any atom is -0.494 e. The van der Waals surface area contributed by atoms with Crippen LogP contribution in [0.2, 0.25) is 0 Å². The summed E-state index contributed by atoms with van der Waals surface area (Å²) >= 11 is 0. The van der Waals surface area contributed by atoms with Crippen LogP contribution >= 0.6 is 0 Å². The van der Waals surface area contributed by atoms with Crippen molar-refractivity contribution >= 4 is 5.91 Å². The Morgan fingerprint density at radius 3 is 2.83 bits per heavy atom. The normalized spacial score (nSPS) is 21.1. The molecular weight excluding hydrogens is 366 g/mol. The van der Waals surface area contributed by atoms with Crippen molar-refractivity contribution in [3.05, 3.63) is 65.2 Å². The first-order valence-corrected chi connectivity index (χ1v) is 10.5. The van der Waals surface area contributed by atoms with Crippen molar-refractivity contribution < 1.29 is 19.0 Å². The Labute approximate surface area is 172 Å².